The Morgan fingerprint density at radius 1 is 0.864 bits per heavy atom. The highest BCUT2D eigenvalue weighted by Crippen LogP contribution is 2.23. The van der Waals surface area contributed by atoms with Crippen LogP contribution in [-0.2, 0) is 13.0 Å². The van der Waals surface area contributed by atoms with Crippen molar-refractivity contribution in [3.05, 3.63) is 77.9 Å². The number of aliphatic hydroxyl groups excluding tert-OH is 1. The van der Waals surface area contributed by atoms with Crippen LogP contribution < -0.4 is 4.74 Å². The minimum Gasteiger partial charge on any atom is -0.489 e. The molecule has 0 spiro atoms. The van der Waals surface area contributed by atoms with Gasteiger partial charge in [0, 0.05) is 0 Å². The molecule has 0 bridgehead atoms. The maximum Gasteiger partial charge on any atom is 0.120 e. The molecule has 0 saturated carbocycles. The summed E-state index contributed by atoms with van der Waals surface area (Å²) in [6.45, 7) is 2.39. The summed E-state index contributed by atoms with van der Waals surface area (Å²) in [6, 6.07) is 22.6. The lowest BCUT2D eigenvalue weighted by Gasteiger charge is -2.09. The van der Waals surface area contributed by atoms with Crippen molar-refractivity contribution in [2.45, 2.75) is 26.1 Å². The molecule has 3 aromatic rings. The molecule has 1 unspecified atom stereocenters. The molecule has 0 radical (unpaired) electrons. The summed E-state index contributed by atoms with van der Waals surface area (Å²) in [7, 11) is 0. The van der Waals surface area contributed by atoms with Crippen molar-refractivity contribution in [1.82, 2.24) is 0 Å². The van der Waals surface area contributed by atoms with Gasteiger partial charge in [0.25, 0.3) is 0 Å². The SMILES string of the molecule is CC(O)Cc1ccc2cc(OCc3ccccc3)ccc2c1. The standard InChI is InChI=1S/C20H20O2/c1-15(21)11-17-7-8-19-13-20(10-9-18(19)12-17)22-14-16-5-3-2-4-6-16/h2-10,12-13,15,21H,11,14H2,1H3. The zero-order valence-corrected chi connectivity index (χ0v) is 12.7. The van der Waals surface area contributed by atoms with Crippen LogP contribution in [0.2, 0.25) is 0 Å². The van der Waals surface area contributed by atoms with Gasteiger partial charge in [-0.05, 0) is 47.4 Å². The Bertz CT molecular complexity index is 748. The molecular weight excluding hydrogens is 272 g/mol. The Morgan fingerprint density at radius 3 is 2.36 bits per heavy atom. The molecule has 2 heteroatoms. The average molecular weight is 292 g/mol. The number of hydrogen-bond donors (Lipinski definition) is 1. The van der Waals surface area contributed by atoms with Gasteiger partial charge >= 0.3 is 0 Å². The largest absolute Gasteiger partial charge is 0.489 e. The number of fused-ring (bicyclic) bond motifs is 1. The van der Waals surface area contributed by atoms with Crippen molar-refractivity contribution in [3.8, 4) is 5.75 Å². The van der Waals surface area contributed by atoms with Crippen molar-refractivity contribution >= 4 is 10.8 Å². The van der Waals surface area contributed by atoms with Gasteiger partial charge in [-0.1, -0.05) is 54.6 Å². The second-order valence-electron chi connectivity index (χ2n) is 5.67. The van der Waals surface area contributed by atoms with E-state index in [1.54, 1.807) is 0 Å². The van der Waals surface area contributed by atoms with E-state index in [9.17, 15) is 5.11 Å². The number of ether oxygens (including phenoxy) is 1. The van der Waals surface area contributed by atoms with Gasteiger partial charge in [-0.2, -0.15) is 0 Å². The van der Waals surface area contributed by atoms with E-state index in [-0.39, 0.29) is 6.10 Å². The van der Waals surface area contributed by atoms with Crippen LogP contribution >= 0.6 is 0 Å². The van der Waals surface area contributed by atoms with Crippen LogP contribution in [0.1, 0.15) is 18.1 Å². The van der Waals surface area contributed by atoms with Crippen LogP contribution in [0.3, 0.4) is 0 Å². The van der Waals surface area contributed by atoms with E-state index in [2.05, 4.69) is 42.5 Å². The normalized spacial score (nSPS) is 12.3. The fraction of sp³-hybridized carbons (Fsp3) is 0.200. The van der Waals surface area contributed by atoms with Crippen LogP contribution in [0.4, 0.5) is 0 Å². The van der Waals surface area contributed by atoms with Crippen molar-refractivity contribution in [1.29, 1.82) is 0 Å². The highest BCUT2D eigenvalue weighted by molar-refractivity contribution is 5.84. The Hall–Kier alpha value is -2.32. The molecule has 1 N–H and O–H groups in total. The molecule has 0 aliphatic heterocycles. The highest BCUT2D eigenvalue weighted by atomic mass is 16.5. The molecule has 0 aliphatic rings. The van der Waals surface area contributed by atoms with Crippen molar-refractivity contribution in [2.75, 3.05) is 0 Å². The monoisotopic (exact) mass is 292 g/mol. The molecule has 0 saturated heterocycles. The zero-order valence-electron chi connectivity index (χ0n) is 12.7. The van der Waals surface area contributed by atoms with Gasteiger partial charge in [0.1, 0.15) is 12.4 Å². The van der Waals surface area contributed by atoms with Crippen LogP contribution in [0, 0.1) is 0 Å². The molecule has 0 fully saturated rings. The minimum atomic E-state index is -0.314. The quantitative estimate of drug-likeness (QED) is 0.758. The van der Waals surface area contributed by atoms with E-state index in [0.29, 0.717) is 13.0 Å². The van der Waals surface area contributed by atoms with Crippen LogP contribution in [-0.4, -0.2) is 11.2 Å². The molecule has 1 atom stereocenters. The first-order valence-electron chi connectivity index (χ1n) is 7.58. The average Bonchev–Trinajstić information content (AvgIpc) is 2.53. The summed E-state index contributed by atoms with van der Waals surface area (Å²) < 4.78 is 5.85. The Kier molecular flexibility index (Phi) is 4.40. The maximum atomic E-state index is 9.48. The van der Waals surface area contributed by atoms with E-state index in [4.69, 9.17) is 4.74 Å². The van der Waals surface area contributed by atoms with Gasteiger partial charge in [0.2, 0.25) is 0 Å². The molecule has 3 aromatic carbocycles. The summed E-state index contributed by atoms with van der Waals surface area (Å²) in [5, 5.41) is 11.8. The predicted molar refractivity (Wildman–Crippen MR) is 90.1 cm³/mol. The summed E-state index contributed by atoms with van der Waals surface area (Å²) >= 11 is 0. The smallest absolute Gasteiger partial charge is 0.120 e. The molecule has 112 valence electrons. The van der Waals surface area contributed by atoms with Crippen molar-refractivity contribution in [3.63, 3.8) is 0 Å². The van der Waals surface area contributed by atoms with Gasteiger partial charge in [0.05, 0.1) is 6.10 Å². The molecule has 3 rings (SSSR count). The molecular formula is C20H20O2. The summed E-state index contributed by atoms with van der Waals surface area (Å²) in [4.78, 5) is 0. The minimum absolute atomic E-state index is 0.314. The van der Waals surface area contributed by atoms with E-state index in [0.717, 1.165) is 22.3 Å². The Morgan fingerprint density at radius 2 is 1.59 bits per heavy atom. The fourth-order valence-electron chi connectivity index (χ4n) is 2.57. The molecule has 22 heavy (non-hydrogen) atoms. The summed E-state index contributed by atoms with van der Waals surface area (Å²) in [6.07, 6.45) is 0.369. The van der Waals surface area contributed by atoms with Crippen LogP contribution in [0.15, 0.2) is 66.7 Å². The van der Waals surface area contributed by atoms with Gasteiger partial charge in [0.15, 0.2) is 0 Å². The first kappa shape index (κ1) is 14.6. The van der Waals surface area contributed by atoms with Crippen molar-refractivity contribution < 1.29 is 9.84 Å². The lowest BCUT2D eigenvalue weighted by atomic mass is 10.0. The summed E-state index contributed by atoms with van der Waals surface area (Å²) in [5.74, 6) is 0.875. The second kappa shape index (κ2) is 6.63. The number of aliphatic hydroxyl groups is 1. The highest BCUT2D eigenvalue weighted by Gasteiger charge is 2.02. The molecule has 0 amide bonds. The molecule has 0 aromatic heterocycles. The van der Waals surface area contributed by atoms with Gasteiger partial charge in [-0.3, -0.25) is 0 Å². The molecule has 0 aliphatic carbocycles. The third-order valence-electron chi connectivity index (χ3n) is 3.66. The van der Waals surface area contributed by atoms with Gasteiger partial charge in [-0.15, -0.1) is 0 Å². The second-order valence-corrected chi connectivity index (χ2v) is 5.67. The number of rotatable bonds is 5. The third-order valence-corrected chi connectivity index (χ3v) is 3.66. The lowest BCUT2D eigenvalue weighted by molar-refractivity contribution is 0.195. The fourth-order valence-corrected chi connectivity index (χ4v) is 2.57. The van der Waals surface area contributed by atoms with Crippen LogP contribution in [0.25, 0.3) is 10.8 Å². The number of benzene rings is 3. The van der Waals surface area contributed by atoms with E-state index in [1.807, 2.05) is 31.2 Å². The summed E-state index contributed by atoms with van der Waals surface area (Å²) in [5.41, 5.74) is 2.32. The molecule has 0 heterocycles. The van der Waals surface area contributed by atoms with Gasteiger partial charge in [-0.25, -0.2) is 0 Å². The topological polar surface area (TPSA) is 29.5 Å². The maximum absolute atomic E-state index is 9.48. The van der Waals surface area contributed by atoms with E-state index >= 15 is 0 Å². The third kappa shape index (κ3) is 3.66. The molecule has 2 nitrogen and oxygen atoms in total. The lowest BCUT2D eigenvalue weighted by Crippen LogP contribution is -2.03. The Labute approximate surface area is 131 Å². The van der Waals surface area contributed by atoms with E-state index < -0.39 is 0 Å². The first-order valence-corrected chi connectivity index (χ1v) is 7.58. The first-order chi connectivity index (χ1) is 10.7. The van der Waals surface area contributed by atoms with Crippen LogP contribution in [0.5, 0.6) is 5.75 Å². The Balaban J connectivity index is 1.75. The van der Waals surface area contributed by atoms with E-state index in [1.165, 1.54) is 5.39 Å². The van der Waals surface area contributed by atoms with Crippen molar-refractivity contribution in [2.24, 2.45) is 0 Å². The van der Waals surface area contributed by atoms with Gasteiger partial charge < -0.3 is 9.84 Å². The number of hydrogen-bond acceptors (Lipinski definition) is 2. The predicted octanol–water partition coefficient (Wildman–Crippen LogP) is 4.34. The zero-order chi connectivity index (χ0) is 15.4.